The van der Waals surface area contributed by atoms with Gasteiger partial charge in [0.05, 0.1) is 17.8 Å². The first-order valence-corrected chi connectivity index (χ1v) is 6.88. The van der Waals surface area contributed by atoms with Crippen molar-refractivity contribution in [3.63, 3.8) is 0 Å². The van der Waals surface area contributed by atoms with E-state index in [4.69, 9.17) is 4.52 Å². The Bertz CT molecular complexity index is 989. The van der Waals surface area contributed by atoms with Gasteiger partial charge >= 0.3 is 6.18 Å². The smallest absolute Gasteiger partial charge is 0.354 e. The van der Waals surface area contributed by atoms with E-state index in [1.807, 2.05) is 0 Å². The Morgan fingerprint density at radius 3 is 2.58 bits per heavy atom. The van der Waals surface area contributed by atoms with Gasteiger partial charge in [0.1, 0.15) is 16.9 Å². The zero-order chi connectivity index (χ0) is 17.6. The van der Waals surface area contributed by atoms with Crippen LogP contribution in [0.25, 0.3) is 11.0 Å². The minimum absolute atomic E-state index is 0.176. The van der Waals surface area contributed by atoms with Crippen LogP contribution in [-0.4, -0.2) is 14.9 Å². The van der Waals surface area contributed by atoms with Crippen molar-refractivity contribution in [1.82, 2.24) is 14.9 Å². The molecule has 5 nitrogen and oxygen atoms in total. The lowest BCUT2D eigenvalue weighted by Crippen LogP contribution is -2.25. The second-order valence-electron chi connectivity index (χ2n) is 5.32. The van der Waals surface area contributed by atoms with Crippen molar-refractivity contribution in [2.75, 3.05) is 0 Å². The third-order valence-electron chi connectivity index (χ3n) is 3.60. The van der Waals surface area contributed by atoms with E-state index in [1.165, 1.54) is 0 Å². The summed E-state index contributed by atoms with van der Waals surface area (Å²) in [4.78, 5) is 12.4. The number of benzene rings is 1. The average molecular weight is 341 g/mol. The average Bonchev–Trinajstić information content (AvgIpc) is 2.88. The fourth-order valence-electron chi connectivity index (χ4n) is 2.41. The lowest BCUT2D eigenvalue weighted by molar-refractivity contribution is -0.137. The van der Waals surface area contributed by atoms with Gasteiger partial charge in [-0.25, -0.2) is 9.07 Å². The predicted molar refractivity (Wildman–Crippen MR) is 76.0 cm³/mol. The van der Waals surface area contributed by atoms with Gasteiger partial charge in [0.2, 0.25) is 0 Å². The first kappa shape index (κ1) is 16.2. The van der Waals surface area contributed by atoms with Gasteiger partial charge in [-0.05, 0) is 32.0 Å². The quantitative estimate of drug-likeness (QED) is 0.672. The van der Waals surface area contributed by atoms with Gasteiger partial charge < -0.3 is 4.52 Å². The van der Waals surface area contributed by atoms with Crippen LogP contribution in [0, 0.1) is 19.7 Å². The molecule has 1 aromatic carbocycles. The maximum atomic E-state index is 13.9. The minimum Gasteiger partial charge on any atom is -0.354 e. The highest BCUT2D eigenvalue weighted by Crippen LogP contribution is 2.30. The van der Waals surface area contributed by atoms with E-state index >= 15 is 0 Å². The van der Waals surface area contributed by atoms with E-state index in [9.17, 15) is 22.4 Å². The van der Waals surface area contributed by atoms with Crippen LogP contribution < -0.4 is 5.56 Å². The monoisotopic (exact) mass is 341 g/mol. The highest BCUT2D eigenvalue weighted by atomic mass is 19.4. The molecule has 0 bridgehead atoms. The molecule has 0 amide bonds. The Labute approximate surface area is 132 Å². The second kappa shape index (κ2) is 5.43. The molecule has 0 spiro atoms. The van der Waals surface area contributed by atoms with E-state index in [-0.39, 0.29) is 16.5 Å². The Hall–Kier alpha value is -2.71. The molecular formula is C15H11F4N3O2. The van der Waals surface area contributed by atoms with Gasteiger partial charge in [-0.3, -0.25) is 4.79 Å². The summed E-state index contributed by atoms with van der Waals surface area (Å²) in [5.74, 6) is -0.850. The van der Waals surface area contributed by atoms with Gasteiger partial charge in [0.15, 0.2) is 5.58 Å². The molecule has 0 N–H and O–H groups in total. The fraction of sp³-hybridized carbons (Fsp3) is 0.267. The van der Waals surface area contributed by atoms with E-state index in [2.05, 4.69) is 10.3 Å². The maximum absolute atomic E-state index is 13.9. The number of rotatable bonds is 2. The third kappa shape index (κ3) is 2.66. The molecule has 0 aliphatic carbocycles. The maximum Gasteiger partial charge on any atom is 0.416 e. The molecule has 0 saturated heterocycles. The topological polar surface area (TPSA) is 60.9 Å². The van der Waals surface area contributed by atoms with E-state index in [0.717, 1.165) is 10.7 Å². The lowest BCUT2D eigenvalue weighted by Gasteiger charge is -2.11. The standard InChI is InChI=1S/C15H11F4N3O2/c1-7-12-13(24-21-7)8(2)20-22(14(12)23)6-9-5-10(15(17,18)19)3-4-11(9)16/h3-5H,6H2,1-2H3. The summed E-state index contributed by atoms with van der Waals surface area (Å²) >= 11 is 0. The molecule has 0 atom stereocenters. The van der Waals surface area contributed by atoms with Gasteiger partial charge in [0.25, 0.3) is 5.56 Å². The van der Waals surface area contributed by atoms with Gasteiger partial charge in [-0.2, -0.15) is 18.3 Å². The summed E-state index contributed by atoms with van der Waals surface area (Å²) in [5.41, 5.74) is -1.01. The molecule has 0 aliphatic rings. The molecule has 3 aromatic rings. The fourth-order valence-corrected chi connectivity index (χ4v) is 2.41. The van der Waals surface area contributed by atoms with Crippen LogP contribution in [0.2, 0.25) is 0 Å². The number of nitrogens with zero attached hydrogens (tertiary/aromatic N) is 3. The summed E-state index contributed by atoms with van der Waals surface area (Å²) in [7, 11) is 0. The van der Waals surface area contributed by atoms with Crippen molar-refractivity contribution in [2.24, 2.45) is 0 Å². The summed E-state index contributed by atoms with van der Waals surface area (Å²) < 4.78 is 58.1. The highest BCUT2D eigenvalue weighted by molar-refractivity contribution is 5.79. The lowest BCUT2D eigenvalue weighted by atomic mass is 10.1. The molecule has 0 aliphatic heterocycles. The predicted octanol–water partition coefficient (Wildman–Crippen LogP) is 3.21. The third-order valence-corrected chi connectivity index (χ3v) is 3.60. The normalized spacial score (nSPS) is 12.1. The number of aryl methyl sites for hydroxylation is 2. The van der Waals surface area contributed by atoms with Crippen molar-refractivity contribution in [3.05, 3.63) is 56.9 Å². The number of alkyl halides is 3. The number of hydrogen-bond acceptors (Lipinski definition) is 4. The number of aromatic nitrogens is 3. The number of fused-ring (bicyclic) bond motifs is 1. The molecule has 0 unspecified atom stereocenters. The Morgan fingerprint density at radius 1 is 1.21 bits per heavy atom. The number of halogens is 4. The molecule has 0 fully saturated rings. The molecule has 2 aromatic heterocycles. The first-order chi connectivity index (χ1) is 11.2. The highest BCUT2D eigenvalue weighted by Gasteiger charge is 2.31. The second-order valence-corrected chi connectivity index (χ2v) is 5.32. The summed E-state index contributed by atoms with van der Waals surface area (Å²) in [5, 5.41) is 7.82. The number of hydrogen-bond donors (Lipinski definition) is 0. The summed E-state index contributed by atoms with van der Waals surface area (Å²) in [6.45, 7) is 2.68. The molecule has 2 heterocycles. The van der Waals surface area contributed by atoms with Crippen LogP contribution in [0.5, 0.6) is 0 Å². The van der Waals surface area contributed by atoms with Gasteiger partial charge in [0, 0.05) is 5.56 Å². The molecule has 0 saturated carbocycles. The van der Waals surface area contributed by atoms with Crippen molar-refractivity contribution in [2.45, 2.75) is 26.6 Å². The Balaban J connectivity index is 2.12. The van der Waals surface area contributed by atoms with Crippen molar-refractivity contribution in [3.8, 4) is 0 Å². The largest absolute Gasteiger partial charge is 0.416 e. The first-order valence-electron chi connectivity index (χ1n) is 6.88. The van der Waals surface area contributed by atoms with Crippen molar-refractivity contribution >= 4 is 11.0 Å². The van der Waals surface area contributed by atoms with Crippen LogP contribution >= 0.6 is 0 Å². The Morgan fingerprint density at radius 2 is 1.92 bits per heavy atom. The molecule has 24 heavy (non-hydrogen) atoms. The van der Waals surface area contributed by atoms with Crippen LogP contribution in [0.3, 0.4) is 0 Å². The van der Waals surface area contributed by atoms with Crippen LogP contribution in [0.1, 0.15) is 22.5 Å². The summed E-state index contributed by atoms with van der Waals surface area (Å²) in [6.07, 6.45) is -4.61. The minimum atomic E-state index is -4.61. The van der Waals surface area contributed by atoms with Gasteiger partial charge in [-0.15, -0.1) is 0 Å². The summed E-state index contributed by atoms with van der Waals surface area (Å²) in [6, 6.07) is 2.04. The zero-order valence-corrected chi connectivity index (χ0v) is 12.6. The van der Waals surface area contributed by atoms with Crippen LogP contribution in [-0.2, 0) is 12.7 Å². The van der Waals surface area contributed by atoms with E-state index < -0.39 is 29.7 Å². The van der Waals surface area contributed by atoms with Crippen molar-refractivity contribution in [1.29, 1.82) is 0 Å². The van der Waals surface area contributed by atoms with Gasteiger partial charge in [-0.1, -0.05) is 5.16 Å². The van der Waals surface area contributed by atoms with Crippen LogP contribution in [0.4, 0.5) is 17.6 Å². The van der Waals surface area contributed by atoms with E-state index in [0.29, 0.717) is 23.5 Å². The van der Waals surface area contributed by atoms with Crippen LogP contribution in [0.15, 0.2) is 27.5 Å². The SMILES string of the molecule is Cc1nn(Cc2cc(C(F)(F)F)ccc2F)c(=O)c2c(C)noc12. The molecule has 0 radical (unpaired) electrons. The molecular weight excluding hydrogens is 330 g/mol. The zero-order valence-electron chi connectivity index (χ0n) is 12.6. The molecule has 9 heteroatoms. The molecule has 3 rings (SSSR count). The van der Waals surface area contributed by atoms with Crippen molar-refractivity contribution < 1.29 is 22.1 Å². The Kier molecular flexibility index (Phi) is 3.66. The van der Waals surface area contributed by atoms with E-state index in [1.54, 1.807) is 13.8 Å². The molecule has 126 valence electrons.